The van der Waals surface area contributed by atoms with Crippen LogP contribution in [0.1, 0.15) is 56.3 Å². The van der Waals surface area contributed by atoms with Gasteiger partial charge in [0.1, 0.15) is 0 Å². The van der Waals surface area contributed by atoms with Crippen molar-refractivity contribution in [3.63, 3.8) is 0 Å². The predicted octanol–water partition coefficient (Wildman–Crippen LogP) is 2.83. The zero-order chi connectivity index (χ0) is 15.2. The van der Waals surface area contributed by atoms with Crippen LogP contribution in [0.2, 0.25) is 0 Å². The minimum absolute atomic E-state index is 0.00933. The van der Waals surface area contributed by atoms with Crippen LogP contribution in [0.3, 0.4) is 0 Å². The topological polar surface area (TPSA) is 45.2 Å². The average molecular weight is 289 g/mol. The first-order valence-electron chi connectivity index (χ1n) is 8.02. The number of rotatable bonds is 6. The van der Waals surface area contributed by atoms with Crippen molar-refractivity contribution in [2.45, 2.75) is 58.0 Å². The van der Waals surface area contributed by atoms with E-state index in [0.29, 0.717) is 12.6 Å². The number of hydrogen-bond acceptors (Lipinski definition) is 3. The van der Waals surface area contributed by atoms with Crippen molar-refractivity contribution in [1.29, 1.82) is 0 Å². The number of amides is 1. The van der Waals surface area contributed by atoms with Crippen LogP contribution in [0.4, 0.5) is 0 Å². The molecule has 0 saturated heterocycles. The maximum Gasteiger partial charge on any atom is 0.234 e. The Balaban J connectivity index is 1.88. The van der Waals surface area contributed by atoms with Gasteiger partial charge >= 0.3 is 0 Å². The van der Waals surface area contributed by atoms with E-state index in [1.165, 1.54) is 25.7 Å². The first-order valence-corrected chi connectivity index (χ1v) is 8.02. The smallest absolute Gasteiger partial charge is 0.234 e. The lowest BCUT2D eigenvalue weighted by Crippen LogP contribution is -2.40. The molecule has 1 atom stereocenters. The van der Waals surface area contributed by atoms with E-state index in [-0.39, 0.29) is 11.9 Å². The van der Waals surface area contributed by atoms with Gasteiger partial charge in [-0.05, 0) is 44.9 Å². The molecular weight excluding hydrogens is 262 g/mol. The largest absolute Gasteiger partial charge is 0.347 e. The Morgan fingerprint density at radius 1 is 1.43 bits per heavy atom. The third-order valence-electron chi connectivity index (χ3n) is 4.38. The van der Waals surface area contributed by atoms with Crippen molar-refractivity contribution in [2.75, 3.05) is 13.6 Å². The van der Waals surface area contributed by atoms with E-state index in [9.17, 15) is 4.79 Å². The molecule has 1 saturated carbocycles. The van der Waals surface area contributed by atoms with E-state index in [4.69, 9.17) is 0 Å². The zero-order valence-corrected chi connectivity index (χ0v) is 13.4. The number of carbonyl (C=O) groups is 1. The second-order valence-corrected chi connectivity index (χ2v) is 6.14. The van der Waals surface area contributed by atoms with E-state index in [1.807, 2.05) is 25.3 Å². The third kappa shape index (κ3) is 4.53. The number of pyridine rings is 1. The van der Waals surface area contributed by atoms with Gasteiger partial charge in [0.2, 0.25) is 5.91 Å². The molecule has 1 aromatic heterocycles. The third-order valence-corrected chi connectivity index (χ3v) is 4.38. The van der Waals surface area contributed by atoms with Crippen LogP contribution >= 0.6 is 0 Å². The van der Waals surface area contributed by atoms with Crippen molar-refractivity contribution in [1.82, 2.24) is 15.2 Å². The molecule has 2 rings (SSSR count). The minimum atomic E-state index is 0.00933. The Kier molecular flexibility index (Phi) is 5.74. The molecule has 4 heteroatoms. The highest BCUT2D eigenvalue weighted by molar-refractivity contribution is 5.78. The molecule has 0 radical (unpaired) electrons. The Morgan fingerprint density at radius 2 is 2.14 bits per heavy atom. The molecule has 0 spiro atoms. The summed E-state index contributed by atoms with van der Waals surface area (Å²) in [5, 5.41) is 3.11. The van der Waals surface area contributed by atoms with Gasteiger partial charge in [-0.25, -0.2) is 0 Å². The van der Waals surface area contributed by atoms with Gasteiger partial charge in [-0.3, -0.25) is 14.7 Å². The molecular formula is C17H27N3O. The summed E-state index contributed by atoms with van der Waals surface area (Å²) in [6.45, 7) is 4.58. The fraction of sp³-hybridized carbons (Fsp3) is 0.647. The molecule has 0 aliphatic heterocycles. The van der Waals surface area contributed by atoms with Crippen LogP contribution in [-0.2, 0) is 4.79 Å². The molecule has 4 nitrogen and oxygen atoms in total. The second-order valence-electron chi connectivity index (χ2n) is 6.14. The van der Waals surface area contributed by atoms with E-state index in [1.54, 1.807) is 0 Å². The Morgan fingerprint density at radius 3 is 2.71 bits per heavy atom. The summed E-state index contributed by atoms with van der Waals surface area (Å²) in [5.41, 5.74) is 2.08. The number of aryl methyl sites for hydroxylation is 1. The molecule has 1 aliphatic rings. The van der Waals surface area contributed by atoms with Crippen molar-refractivity contribution in [2.24, 2.45) is 0 Å². The van der Waals surface area contributed by atoms with Crippen LogP contribution in [0.25, 0.3) is 0 Å². The molecule has 0 aromatic carbocycles. The molecule has 116 valence electrons. The van der Waals surface area contributed by atoms with Gasteiger partial charge < -0.3 is 5.32 Å². The number of nitrogens with one attached hydrogen (secondary N) is 1. The molecule has 1 N–H and O–H groups in total. The molecule has 1 fully saturated rings. The number of likely N-dealkylation sites (N-methyl/N-ethyl adjacent to an activating group) is 1. The van der Waals surface area contributed by atoms with E-state index in [2.05, 4.69) is 29.2 Å². The second kappa shape index (κ2) is 7.55. The van der Waals surface area contributed by atoms with Gasteiger partial charge in [0.15, 0.2) is 0 Å². The number of nitrogens with zero attached hydrogens (tertiary/aromatic N) is 2. The summed E-state index contributed by atoms with van der Waals surface area (Å²) < 4.78 is 0. The highest BCUT2D eigenvalue weighted by Gasteiger charge is 2.22. The highest BCUT2D eigenvalue weighted by atomic mass is 16.2. The number of hydrogen-bond donors (Lipinski definition) is 1. The van der Waals surface area contributed by atoms with Crippen LogP contribution in [0, 0.1) is 6.92 Å². The SMILES string of the molecule is CC[C@H](NC(=O)CN(C)C1CCCC1)c1ccc(C)cn1. The summed E-state index contributed by atoms with van der Waals surface area (Å²) in [4.78, 5) is 18.9. The quantitative estimate of drug-likeness (QED) is 0.876. The number of aromatic nitrogens is 1. The van der Waals surface area contributed by atoms with Crippen LogP contribution < -0.4 is 5.32 Å². The lowest BCUT2D eigenvalue weighted by Gasteiger charge is -2.24. The summed E-state index contributed by atoms with van der Waals surface area (Å²) in [6.07, 6.45) is 7.74. The molecule has 1 heterocycles. The van der Waals surface area contributed by atoms with Crippen molar-refractivity contribution >= 4 is 5.91 Å². The van der Waals surface area contributed by atoms with E-state index < -0.39 is 0 Å². The highest BCUT2D eigenvalue weighted by Crippen LogP contribution is 2.22. The summed E-state index contributed by atoms with van der Waals surface area (Å²) in [7, 11) is 2.06. The van der Waals surface area contributed by atoms with Gasteiger partial charge in [0.05, 0.1) is 18.3 Å². The Hall–Kier alpha value is -1.42. The van der Waals surface area contributed by atoms with Crippen molar-refractivity contribution < 1.29 is 4.79 Å². The monoisotopic (exact) mass is 289 g/mol. The first-order chi connectivity index (χ1) is 10.1. The molecule has 21 heavy (non-hydrogen) atoms. The fourth-order valence-electron chi connectivity index (χ4n) is 3.01. The van der Waals surface area contributed by atoms with Gasteiger partial charge in [-0.15, -0.1) is 0 Å². The molecule has 0 unspecified atom stereocenters. The van der Waals surface area contributed by atoms with E-state index in [0.717, 1.165) is 17.7 Å². The van der Waals surface area contributed by atoms with Crippen LogP contribution in [0.5, 0.6) is 0 Å². The lowest BCUT2D eigenvalue weighted by molar-refractivity contribution is -0.123. The normalized spacial score (nSPS) is 17.1. The molecule has 1 amide bonds. The minimum Gasteiger partial charge on any atom is -0.347 e. The van der Waals surface area contributed by atoms with Crippen molar-refractivity contribution in [3.8, 4) is 0 Å². The summed E-state index contributed by atoms with van der Waals surface area (Å²) in [6, 6.07) is 4.63. The maximum atomic E-state index is 12.2. The molecule has 0 bridgehead atoms. The zero-order valence-electron chi connectivity index (χ0n) is 13.4. The standard InChI is InChI=1S/C17H27N3O/c1-4-15(16-10-9-13(2)11-18-16)19-17(21)12-20(3)14-7-5-6-8-14/h9-11,14-15H,4-8,12H2,1-3H3,(H,19,21)/t15-/m0/s1. The van der Waals surface area contributed by atoms with Crippen LogP contribution in [0.15, 0.2) is 18.3 Å². The van der Waals surface area contributed by atoms with Gasteiger partial charge in [-0.2, -0.15) is 0 Å². The van der Waals surface area contributed by atoms with Gasteiger partial charge in [-0.1, -0.05) is 25.8 Å². The van der Waals surface area contributed by atoms with Gasteiger partial charge in [0.25, 0.3) is 0 Å². The summed E-state index contributed by atoms with van der Waals surface area (Å²) in [5.74, 6) is 0.0959. The molecule has 1 aliphatic carbocycles. The first kappa shape index (κ1) is 16.0. The summed E-state index contributed by atoms with van der Waals surface area (Å²) >= 11 is 0. The Bertz CT molecular complexity index is 452. The van der Waals surface area contributed by atoms with Gasteiger partial charge in [0, 0.05) is 12.2 Å². The van der Waals surface area contributed by atoms with Crippen LogP contribution in [-0.4, -0.2) is 35.4 Å². The molecule has 1 aromatic rings. The number of carbonyl (C=O) groups excluding carboxylic acids is 1. The average Bonchev–Trinajstić information content (AvgIpc) is 3.00. The van der Waals surface area contributed by atoms with E-state index >= 15 is 0 Å². The fourth-order valence-corrected chi connectivity index (χ4v) is 3.01. The predicted molar refractivity (Wildman–Crippen MR) is 85.0 cm³/mol. The maximum absolute atomic E-state index is 12.2. The lowest BCUT2D eigenvalue weighted by atomic mass is 10.1. The Labute approximate surface area is 127 Å². The van der Waals surface area contributed by atoms with Crippen molar-refractivity contribution in [3.05, 3.63) is 29.6 Å².